The summed E-state index contributed by atoms with van der Waals surface area (Å²) in [6, 6.07) is 7.29. The number of hydrogen-bond acceptors (Lipinski definition) is 3. The van der Waals surface area contributed by atoms with Gasteiger partial charge in [-0.2, -0.15) is 26.3 Å². The predicted molar refractivity (Wildman–Crippen MR) is 94.7 cm³/mol. The third-order valence-corrected chi connectivity index (χ3v) is 4.28. The van der Waals surface area contributed by atoms with Crippen LogP contribution in [0.25, 0.3) is 0 Å². The lowest BCUT2D eigenvalue weighted by molar-refractivity contribution is -0.143. The van der Waals surface area contributed by atoms with Crippen LogP contribution in [0.3, 0.4) is 0 Å². The molecule has 0 aliphatic carbocycles. The number of aldehydes is 1. The van der Waals surface area contributed by atoms with Crippen molar-refractivity contribution in [3.8, 4) is 5.75 Å². The molecule has 0 saturated heterocycles. The van der Waals surface area contributed by atoms with E-state index in [0.717, 1.165) is 0 Å². The number of carbonyl (C=O) groups excluding carboxylic acids is 2. The summed E-state index contributed by atoms with van der Waals surface area (Å²) < 4.78 is 82.7. The average molecular weight is 433 g/mol. The SMILES string of the molecule is COc1ccc(C(CC=O)C(=O)NCc2cc(C(F)(F)F)cc(C(F)(F)F)c2)cc1. The Bertz CT molecular complexity index is 859. The van der Waals surface area contributed by atoms with Gasteiger partial charge in [0.2, 0.25) is 5.91 Å². The summed E-state index contributed by atoms with van der Waals surface area (Å²) in [6.45, 7) is -0.572. The molecule has 162 valence electrons. The lowest BCUT2D eigenvalue weighted by Gasteiger charge is -2.17. The summed E-state index contributed by atoms with van der Waals surface area (Å²) >= 11 is 0. The second-order valence-electron chi connectivity index (χ2n) is 6.36. The highest BCUT2D eigenvalue weighted by Crippen LogP contribution is 2.36. The topological polar surface area (TPSA) is 55.4 Å². The number of amides is 1. The van der Waals surface area contributed by atoms with Crippen LogP contribution >= 0.6 is 0 Å². The minimum Gasteiger partial charge on any atom is -0.497 e. The quantitative estimate of drug-likeness (QED) is 0.508. The number of ether oxygens (including phenoxy) is 1. The van der Waals surface area contributed by atoms with Crippen molar-refractivity contribution < 1.29 is 40.7 Å². The molecule has 0 saturated carbocycles. The third-order valence-electron chi connectivity index (χ3n) is 4.28. The number of hydrogen-bond donors (Lipinski definition) is 1. The number of alkyl halides is 6. The fraction of sp³-hybridized carbons (Fsp3) is 0.300. The Balaban J connectivity index is 2.24. The molecule has 10 heteroatoms. The first kappa shape index (κ1) is 23.2. The van der Waals surface area contributed by atoms with E-state index in [1.54, 1.807) is 24.3 Å². The molecule has 30 heavy (non-hydrogen) atoms. The molecule has 2 aromatic rings. The number of rotatable bonds is 7. The average Bonchev–Trinajstić information content (AvgIpc) is 2.69. The normalized spacial score (nSPS) is 12.9. The van der Waals surface area contributed by atoms with Crippen molar-refractivity contribution in [2.45, 2.75) is 31.2 Å². The Morgan fingerprint density at radius 2 is 1.53 bits per heavy atom. The molecule has 0 aliphatic heterocycles. The lowest BCUT2D eigenvalue weighted by atomic mass is 9.95. The number of carbonyl (C=O) groups is 2. The second-order valence-corrected chi connectivity index (χ2v) is 6.36. The Morgan fingerprint density at radius 3 is 1.97 bits per heavy atom. The Kier molecular flexibility index (Phi) is 7.12. The summed E-state index contributed by atoms with van der Waals surface area (Å²) in [5.41, 5.74) is -2.87. The van der Waals surface area contributed by atoms with E-state index in [1.807, 2.05) is 0 Å². The van der Waals surface area contributed by atoms with Gasteiger partial charge in [-0.3, -0.25) is 4.79 Å². The van der Waals surface area contributed by atoms with Gasteiger partial charge in [0.05, 0.1) is 24.2 Å². The van der Waals surface area contributed by atoms with E-state index in [0.29, 0.717) is 29.7 Å². The first-order valence-corrected chi connectivity index (χ1v) is 8.59. The van der Waals surface area contributed by atoms with E-state index < -0.39 is 41.8 Å². The molecule has 1 unspecified atom stereocenters. The molecule has 0 bridgehead atoms. The van der Waals surface area contributed by atoms with E-state index in [9.17, 15) is 35.9 Å². The predicted octanol–water partition coefficient (Wildman–Crippen LogP) is 4.72. The van der Waals surface area contributed by atoms with Crippen LogP contribution in [-0.2, 0) is 28.5 Å². The van der Waals surface area contributed by atoms with Crippen molar-refractivity contribution in [2.75, 3.05) is 7.11 Å². The molecule has 0 spiro atoms. The fourth-order valence-electron chi connectivity index (χ4n) is 2.76. The molecule has 4 nitrogen and oxygen atoms in total. The standard InChI is InChI=1S/C20H17F6NO3/c1-30-16-4-2-13(3-5-16)17(6-7-28)18(29)27-11-12-8-14(19(21,22)23)10-15(9-12)20(24,25)26/h2-5,7-10,17H,6,11H2,1H3,(H,27,29). The highest BCUT2D eigenvalue weighted by molar-refractivity contribution is 5.86. The maximum atomic E-state index is 12.9. The molecule has 2 aromatic carbocycles. The molecule has 1 N–H and O–H groups in total. The summed E-state index contributed by atoms with van der Waals surface area (Å²) in [6.07, 6.45) is -9.68. The monoisotopic (exact) mass is 433 g/mol. The van der Waals surface area contributed by atoms with Crippen LogP contribution in [0.1, 0.15) is 34.6 Å². The summed E-state index contributed by atoms with van der Waals surface area (Å²) in [7, 11) is 1.44. The summed E-state index contributed by atoms with van der Waals surface area (Å²) in [5.74, 6) is -1.16. The molecule has 0 heterocycles. The smallest absolute Gasteiger partial charge is 0.416 e. The minimum absolute atomic E-state index is 0.0118. The van der Waals surface area contributed by atoms with E-state index >= 15 is 0 Å². The van der Waals surface area contributed by atoms with Crippen molar-refractivity contribution in [3.05, 3.63) is 64.7 Å². The van der Waals surface area contributed by atoms with Crippen molar-refractivity contribution in [1.82, 2.24) is 5.32 Å². The second kappa shape index (κ2) is 9.19. The Labute approximate surface area is 167 Å². The zero-order chi connectivity index (χ0) is 22.5. The minimum atomic E-state index is -4.98. The van der Waals surface area contributed by atoms with Crippen LogP contribution in [0, 0.1) is 0 Å². The van der Waals surface area contributed by atoms with Gasteiger partial charge in [-0.25, -0.2) is 0 Å². The highest BCUT2D eigenvalue weighted by Gasteiger charge is 2.37. The van der Waals surface area contributed by atoms with Gasteiger partial charge in [0.1, 0.15) is 12.0 Å². The van der Waals surface area contributed by atoms with E-state index in [4.69, 9.17) is 4.74 Å². The zero-order valence-corrected chi connectivity index (χ0v) is 15.6. The van der Waals surface area contributed by atoms with E-state index in [-0.39, 0.29) is 18.1 Å². The molecule has 0 aromatic heterocycles. The molecule has 2 rings (SSSR count). The zero-order valence-electron chi connectivity index (χ0n) is 15.6. The largest absolute Gasteiger partial charge is 0.497 e. The third kappa shape index (κ3) is 5.98. The fourth-order valence-corrected chi connectivity index (χ4v) is 2.76. The first-order chi connectivity index (χ1) is 14.0. The molecule has 0 aliphatic rings. The van der Waals surface area contributed by atoms with Crippen molar-refractivity contribution in [1.29, 1.82) is 0 Å². The molecular formula is C20H17F6NO3. The van der Waals surface area contributed by atoms with Crippen molar-refractivity contribution >= 4 is 12.2 Å². The maximum Gasteiger partial charge on any atom is 0.416 e. The Morgan fingerprint density at radius 1 is 1.00 bits per heavy atom. The lowest BCUT2D eigenvalue weighted by Crippen LogP contribution is -2.29. The van der Waals surface area contributed by atoms with Crippen LogP contribution < -0.4 is 10.1 Å². The van der Waals surface area contributed by atoms with Crippen LogP contribution in [-0.4, -0.2) is 19.3 Å². The van der Waals surface area contributed by atoms with Gasteiger partial charge in [-0.15, -0.1) is 0 Å². The molecular weight excluding hydrogens is 416 g/mol. The van der Waals surface area contributed by atoms with Gasteiger partial charge < -0.3 is 14.8 Å². The highest BCUT2D eigenvalue weighted by atomic mass is 19.4. The van der Waals surface area contributed by atoms with Crippen LogP contribution in [0.15, 0.2) is 42.5 Å². The van der Waals surface area contributed by atoms with Crippen molar-refractivity contribution in [3.63, 3.8) is 0 Å². The van der Waals surface area contributed by atoms with Gasteiger partial charge in [-0.05, 0) is 41.5 Å². The first-order valence-electron chi connectivity index (χ1n) is 8.59. The number of halogens is 6. The van der Waals surface area contributed by atoms with Crippen molar-refractivity contribution in [2.24, 2.45) is 0 Å². The summed E-state index contributed by atoms with van der Waals surface area (Å²) in [5, 5.41) is 2.30. The maximum absolute atomic E-state index is 12.9. The number of benzene rings is 2. The van der Waals surface area contributed by atoms with E-state index in [2.05, 4.69) is 5.32 Å². The molecule has 1 amide bonds. The van der Waals surface area contributed by atoms with Gasteiger partial charge in [0.25, 0.3) is 0 Å². The van der Waals surface area contributed by atoms with Gasteiger partial charge in [0, 0.05) is 13.0 Å². The summed E-state index contributed by atoms with van der Waals surface area (Å²) in [4.78, 5) is 23.4. The molecule has 0 radical (unpaired) electrons. The molecule has 0 fully saturated rings. The van der Waals surface area contributed by atoms with Gasteiger partial charge in [-0.1, -0.05) is 12.1 Å². The molecule has 1 atom stereocenters. The Hall–Kier alpha value is -3.04. The number of nitrogens with one attached hydrogen (secondary N) is 1. The van der Waals surface area contributed by atoms with E-state index in [1.165, 1.54) is 7.11 Å². The number of methoxy groups -OCH3 is 1. The van der Waals surface area contributed by atoms with Crippen LogP contribution in [0.4, 0.5) is 26.3 Å². The van der Waals surface area contributed by atoms with Crippen LogP contribution in [0.5, 0.6) is 5.75 Å². The van der Waals surface area contributed by atoms with Crippen LogP contribution in [0.2, 0.25) is 0 Å². The van der Waals surface area contributed by atoms with Gasteiger partial charge in [0.15, 0.2) is 0 Å². The van der Waals surface area contributed by atoms with Gasteiger partial charge >= 0.3 is 12.4 Å².